The second-order valence-electron chi connectivity index (χ2n) is 5.56. The number of methoxy groups -OCH3 is 1. The van der Waals surface area contributed by atoms with Crippen LogP contribution in [0, 0.1) is 0 Å². The molecular weight excluding hydrogens is 350 g/mol. The fraction of sp³-hybridized carbons (Fsp3) is 0.200. The fourth-order valence-corrected chi connectivity index (χ4v) is 2.42. The maximum absolute atomic E-state index is 5.65. The Labute approximate surface area is 159 Å². The number of aromatic nitrogens is 2. The van der Waals surface area contributed by atoms with Crippen molar-refractivity contribution in [3.05, 3.63) is 78.1 Å². The van der Waals surface area contributed by atoms with Crippen molar-refractivity contribution in [1.82, 2.24) is 15.3 Å². The summed E-state index contributed by atoms with van der Waals surface area (Å²) in [4.78, 5) is 8.13. The van der Waals surface area contributed by atoms with Crippen LogP contribution in [0.5, 0.6) is 17.5 Å². The van der Waals surface area contributed by atoms with Gasteiger partial charge < -0.3 is 14.8 Å². The van der Waals surface area contributed by atoms with Crippen molar-refractivity contribution in [2.24, 2.45) is 0 Å². The Morgan fingerprint density at radius 2 is 1.65 bits per heavy atom. The minimum atomic E-state index is 0. The summed E-state index contributed by atoms with van der Waals surface area (Å²) < 4.78 is 10.8. The van der Waals surface area contributed by atoms with Crippen LogP contribution in [-0.4, -0.2) is 23.6 Å². The highest BCUT2D eigenvalue weighted by Gasteiger charge is 2.01. The zero-order valence-electron chi connectivity index (χ0n) is 14.6. The third kappa shape index (κ3) is 6.02. The van der Waals surface area contributed by atoms with Gasteiger partial charge in [0.1, 0.15) is 11.5 Å². The van der Waals surface area contributed by atoms with Crippen molar-refractivity contribution in [2.45, 2.75) is 13.0 Å². The molecule has 0 aliphatic carbocycles. The van der Waals surface area contributed by atoms with Crippen LogP contribution in [-0.2, 0) is 13.0 Å². The van der Waals surface area contributed by atoms with Gasteiger partial charge >= 0.3 is 6.01 Å². The molecule has 26 heavy (non-hydrogen) atoms. The van der Waals surface area contributed by atoms with E-state index in [1.165, 1.54) is 5.56 Å². The van der Waals surface area contributed by atoms with Gasteiger partial charge in [0.05, 0.1) is 7.11 Å². The first-order valence-electron chi connectivity index (χ1n) is 8.21. The van der Waals surface area contributed by atoms with Crippen molar-refractivity contribution in [2.75, 3.05) is 13.7 Å². The van der Waals surface area contributed by atoms with E-state index in [4.69, 9.17) is 9.47 Å². The van der Waals surface area contributed by atoms with E-state index in [-0.39, 0.29) is 12.4 Å². The quantitative estimate of drug-likeness (QED) is 0.606. The van der Waals surface area contributed by atoms with Crippen LogP contribution < -0.4 is 14.8 Å². The Morgan fingerprint density at radius 3 is 2.38 bits per heavy atom. The molecule has 3 aromatic rings. The number of halogens is 1. The molecule has 0 fully saturated rings. The summed E-state index contributed by atoms with van der Waals surface area (Å²) in [6.07, 6.45) is 4.29. The van der Waals surface area contributed by atoms with E-state index < -0.39 is 0 Å². The molecule has 1 heterocycles. The molecule has 2 aromatic carbocycles. The van der Waals surface area contributed by atoms with E-state index in [1.54, 1.807) is 25.6 Å². The Morgan fingerprint density at radius 1 is 0.885 bits per heavy atom. The van der Waals surface area contributed by atoms with Crippen LogP contribution in [0.25, 0.3) is 0 Å². The minimum Gasteiger partial charge on any atom is -0.497 e. The van der Waals surface area contributed by atoms with Gasteiger partial charge in [-0.3, -0.25) is 0 Å². The molecule has 0 saturated heterocycles. The molecule has 5 nitrogen and oxygen atoms in total. The minimum absolute atomic E-state index is 0. The SMILES string of the molecule is COc1ccc(CCNCc2cccc(Oc3ncccn3)c2)cc1.Cl. The number of hydrogen-bond donors (Lipinski definition) is 1. The van der Waals surface area contributed by atoms with Crippen LogP contribution in [0.3, 0.4) is 0 Å². The van der Waals surface area contributed by atoms with Crippen molar-refractivity contribution in [3.63, 3.8) is 0 Å². The van der Waals surface area contributed by atoms with Gasteiger partial charge in [0.15, 0.2) is 0 Å². The summed E-state index contributed by atoms with van der Waals surface area (Å²) in [5.74, 6) is 1.62. The molecule has 0 radical (unpaired) electrons. The van der Waals surface area contributed by atoms with Gasteiger partial charge in [-0.25, -0.2) is 9.97 Å². The third-order valence-corrected chi connectivity index (χ3v) is 3.73. The summed E-state index contributed by atoms with van der Waals surface area (Å²) in [5, 5.41) is 3.45. The molecule has 0 spiro atoms. The Hall–Kier alpha value is -2.63. The van der Waals surface area contributed by atoms with Crippen molar-refractivity contribution < 1.29 is 9.47 Å². The molecular formula is C20H22ClN3O2. The molecule has 3 rings (SSSR count). The molecule has 0 bridgehead atoms. The van der Waals surface area contributed by atoms with Crippen LogP contribution >= 0.6 is 12.4 Å². The Balaban J connectivity index is 0.00000243. The Kier molecular flexibility index (Phi) is 7.86. The smallest absolute Gasteiger partial charge is 0.321 e. The zero-order valence-corrected chi connectivity index (χ0v) is 15.4. The van der Waals surface area contributed by atoms with Crippen LogP contribution in [0.4, 0.5) is 0 Å². The lowest BCUT2D eigenvalue weighted by Gasteiger charge is -2.08. The molecule has 6 heteroatoms. The van der Waals surface area contributed by atoms with Gasteiger partial charge in [0.25, 0.3) is 0 Å². The van der Waals surface area contributed by atoms with E-state index in [0.717, 1.165) is 36.6 Å². The van der Waals surface area contributed by atoms with Crippen LogP contribution in [0.15, 0.2) is 67.0 Å². The summed E-state index contributed by atoms with van der Waals surface area (Å²) in [7, 11) is 1.68. The van der Waals surface area contributed by atoms with Crippen molar-refractivity contribution in [3.8, 4) is 17.5 Å². The highest BCUT2D eigenvalue weighted by molar-refractivity contribution is 5.85. The predicted octanol–water partition coefficient (Wildman–Crippen LogP) is 4.03. The van der Waals surface area contributed by atoms with Gasteiger partial charge in [0.2, 0.25) is 0 Å². The monoisotopic (exact) mass is 371 g/mol. The first-order valence-corrected chi connectivity index (χ1v) is 8.21. The number of nitrogens with one attached hydrogen (secondary N) is 1. The van der Waals surface area contributed by atoms with Crippen molar-refractivity contribution in [1.29, 1.82) is 0 Å². The highest BCUT2D eigenvalue weighted by atomic mass is 35.5. The molecule has 1 aromatic heterocycles. The lowest BCUT2D eigenvalue weighted by molar-refractivity contribution is 0.414. The molecule has 1 N–H and O–H groups in total. The van der Waals surface area contributed by atoms with Gasteiger partial charge in [-0.1, -0.05) is 24.3 Å². The third-order valence-electron chi connectivity index (χ3n) is 3.73. The molecule has 0 saturated carbocycles. The lowest BCUT2D eigenvalue weighted by atomic mass is 10.1. The van der Waals surface area contributed by atoms with Gasteiger partial charge in [-0.2, -0.15) is 0 Å². The summed E-state index contributed by atoms with van der Waals surface area (Å²) in [6, 6.07) is 18.2. The number of rotatable bonds is 8. The molecule has 0 atom stereocenters. The number of nitrogens with zero attached hydrogens (tertiary/aromatic N) is 2. The molecule has 0 amide bonds. The van der Waals surface area contributed by atoms with E-state index in [0.29, 0.717) is 6.01 Å². The maximum atomic E-state index is 5.65. The fourth-order valence-electron chi connectivity index (χ4n) is 2.42. The van der Waals surface area contributed by atoms with E-state index in [9.17, 15) is 0 Å². The topological polar surface area (TPSA) is 56.3 Å². The average Bonchev–Trinajstić information content (AvgIpc) is 2.67. The van der Waals surface area contributed by atoms with E-state index in [1.807, 2.05) is 30.3 Å². The Bertz CT molecular complexity index is 783. The normalized spacial score (nSPS) is 10.0. The first kappa shape index (κ1) is 19.7. The average molecular weight is 372 g/mol. The maximum Gasteiger partial charge on any atom is 0.321 e. The number of hydrogen-bond acceptors (Lipinski definition) is 5. The van der Waals surface area contributed by atoms with Gasteiger partial charge in [-0.05, 0) is 54.4 Å². The summed E-state index contributed by atoms with van der Waals surface area (Å²) in [6.45, 7) is 1.68. The lowest BCUT2D eigenvalue weighted by Crippen LogP contribution is -2.16. The first-order chi connectivity index (χ1) is 12.3. The van der Waals surface area contributed by atoms with Gasteiger partial charge in [-0.15, -0.1) is 12.4 Å². The van der Waals surface area contributed by atoms with E-state index >= 15 is 0 Å². The number of benzene rings is 2. The second-order valence-corrected chi connectivity index (χ2v) is 5.56. The highest BCUT2D eigenvalue weighted by Crippen LogP contribution is 2.18. The largest absolute Gasteiger partial charge is 0.497 e. The molecule has 136 valence electrons. The van der Waals surface area contributed by atoms with Crippen LogP contribution in [0.1, 0.15) is 11.1 Å². The number of ether oxygens (including phenoxy) is 2. The summed E-state index contributed by atoms with van der Waals surface area (Å²) in [5.41, 5.74) is 2.44. The standard InChI is InChI=1S/C20H21N3O2.ClH/c1-24-18-8-6-16(7-9-18)10-13-21-15-17-4-2-5-19(14-17)25-20-22-11-3-12-23-20;/h2-9,11-12,14,21H,10,13,15H2,1H3;1H. The van der Waals surface area contributed by atoms with Crippen molar-refractivity contribution >= 4 is 12.4 Å². The summed E-state index contributed by atoms with van der Waals surface area (Å²) >= 11 is 0. The van der Waals surface area contributed by atoms with Gasteiger partial charge in [0, 0.05) is 18.9 Å². The molecule has 0 aliphatic rings. The van der Waals surface area contributed by atoms with Crippen LogP contribution in [0.2, 0.25) is 0 Å². The molecule has 0 aliphatic heterocycles. The molecule has 0 unspecified atom stereocenters. The second kappa shape index (κ2) is 10.4. The zero-order chi connectivity index (χ0) is 17.3. The predicted molar refractivity (Wildman–Crippen MR) is 104 cm³/mol. The van der Waals surface area contributed by atoms with E-state index in [2.05, 4.69) is 33.5 Å².